The van der Waals surface area contributed by atoms with Gasteiger partial charge in [-0.2, -0.15) is 0 Å². The van der Waals surface area contributed by atoms with Crippen LogP contribution in [0, 0.1) is 5.92 Å². The van der Waals surface area contributed by atoms with Crippen LogP contribution in [0.15, 0.2) is 0 Å². The fourth-order valence-electron chi connectivity index (χ4n) is 3.87. The number of hydrogen-bond donors (Lipinski definition) is 3. The van der Waals surface area contributed by atoms with Gasteiger partial charge in [0, 0.05) is 37.7 Å². The van der Waals surface area contributed by atoms with Gasteiger partial charge < -0.3 is 20.6 Å². The average Bonchev–Trinajstić information content (AvgIpc) is 2.79. The van der Waals surface area contributed by atoms with Gasteiger partial charge in [0.15, 0.2) is 0 Å². The predicted molar refractivity (Wildman–Crippen MR) is 93.5 cm³/mol. The lowest BCUT2D eigenvalue weighted by atomic mass is 9.96. The van der Waals surface area contributed by atoms with Crippen molar-refractivity contribution < 1.29 is 9.90 Å². The van der Waals surface area contributed by atoms with E-state index in [1.165, 1.54) is 32.2 Å². The van der Waals surface area contributed by atoms with Crippen molar-refractivity contribution in [1.82, 2.24) is 15.5 Å². The van der Waals surface area contributed by atoms with Gasteiger partial charge in [0.1, 0.15) is 0 Å². The highest BCUT2D eigenvalue weighted by molar-refractivity contribution is 5.74. The van der Waals surface area contributed by atoms with Crippen LogP contribution in [0.2, 0.25) is 0 Å². The lowest BCUT2D eigenvalue weighted by Gasteiger charge is -2.33. The highest BCUT2D eigenvalue weighted by atomic mass is 16.3. The van der Waals surface area contributed by atoms with E-state index in [-0.39, 0.29) is 24.6 Å². The molecule has 0 bridgehead atoms. The summed E-state index contributed by atoms with van der Waals surface area (Å²) in [5.41, 5.74) is 0. The normalized spacial score (nSPS) is 27.4. The molecule has 3 N–H and O–H groups in total. The molecule has 1 saturated heterocycles. The van der Waals surface area contributed by atoms with Crippen molar-refractivity contribution in [3.05, 3.63) is 0 Å². The summed E-state index contributed by atoms with van der Waals surface area (Å²) in [4.78, 5) is 14.8. The standard InChI is InChI=1S/C18H35N3O2/c1-2-3-11-21-12-9-16(10-13-21)19-18(23)20-17-8-6-4-5-7-15(17)14-22/h15-17,22H,2-14H2,1H3,(H2,19,20,23). The second kappa shape index (κ2) is 10.1. The third-order valence-corrected chi connectivity index (χ3v) is 5.46. The molecule has 5 heteroatoms. The Balaban J connectivity index is 1.70. The van der Waals surface area contributed by atoms with Crippen LogP contribution in [-0.2, 0) is 0 Å². The maximum Gasteiger partial charge on any atom is 0.315 e. The number of aliphatic hydroxyl groups is 1. The molecule has 5 nitrogen and oxygen atoms in total. The molecule has 1 aliphatic heterocycles. The predicted octanol–water partition coefficient (Wildman–Crippen LogP) is 2.49. The molecule has 134 valence electrons. The molecule has 0 aromatic carbocycles. The molecule has 2 aliphatic rings. The van der Waals surface area contributed by atoms with Gasteiger partial charge in [0.25, 0.3) is 0 Å². The molecule has 1 heterocycles. The summed E-state index contributed by atoms with van der Waals surface area (Å²) in [7, 11) is 0. The molecule has 2 fully saturated rings. The Labute approximate surface area is 141 Å². The van der Waals surface area contributed by atoms with Crippen LogP contribution in [0.25, 0.3) is 0 Å². The zero-order valence-electron chi connectivity index (χ0n) is 14.7. The van der Waals surface area contributed by atoms with E-state index in [1.807, 2.05) is 0 Å². The Morgan fingerprint density at radius 2 is 1.83 bits per heavy atom. The average molecular weight is 325 g/mol. The van der Waals surface area contributed by atoms with Crippen molar-refractivity contribution in [3.63, 3.8) is 0 Å². The summed E-state index contributed by atoms with van der Waals surface area (Å²) < 4.78 is 0. The van der Waals surface area contributed by atoms with Gasteiger partial charge in [-0.25, -0.2) is 4.79 Å². The van der Waals surface area contributed by atoms with Gasteiger partial charge >= 0.3 is 6.03 Å². The number of aliphatic hydroxyl groups excluding tert-OH is 1. The highest BCUT2D eigenvalue weighted by Gasteiger charge is 2.26. The number of likely N-dealkylation sites (tertiary alicyclic amines) is 1. The van der Waals surface area contributed by atoms with E-state index in [0.29, 0.717) is 6.04 Å². The van der Waals surface area contributed by atoms with Gasteiger partial charge in [0.2, 0.25) is 0 Å². The van der Waals surface area contributed by atoms with Crippen molar-refractivity contribution in [2.24, 2.45) is 5.92 Å². The van der Waals surface area contributed by atoms with Crippen molar-refractivity contribution in [2.75, 3.05) is 26.2 Å². The Morgan fingerprint density at radius 3 is 2.52 bits per heavy atom. The summed E-state index contributed by atoms with van der Waals surface area (Å²) in [5, 5.41) is 15.8. The van der Waals surface area contributed by atoms with Crippen molar-refractivity contribution in [2.45, 2.75) is 76.8 Å². The maximum atomic E-state index is 12.3. The Hall–Kier alpha value is -0.810. The van der Waals surface area contributed by atoms with Crippen LogP contribution < -0.4 is 10.6 Å². The molecule has 2 atom stereocenters. The fourth-order valence-corrected chi connectivity index (χ4v) is 3.87. The minimum absolute atomic E-state index is 0.0395. The van der Waals surface area contributed by atoms with Crippen LogP contribution >= 0.6 is 0 Å². The minimum Gasteiger partial charge on any atom is -0.396 e. The second-order valence-electron chi connectivity index (χ2n) is 7.27. The maximum absolute atomic E-state index is 12.3. The van der Waals surface area contributed by atoms with Crippen LogP contribution in [0.5, 0.6) is 0 Å². The molecule has 0 radical (unpaired) electrons. The Morgan fingerprint density at radius 1 is 1.09 bits per heavy atom. The number of nitrogens with zero attached hydrogens (tertiary/aromatic N) is 1. The van der Waals surface area contributed by atoms with Gasteiger partial charge in [-0.3, -0.25) is 0 Å². The summed E-state index contributed by atoms with van der Waals surface area (Å²) in [6, 6.07) is 0.390. The van der Waals surface area contributed by atoms with E-state index in [9.17, 15) is 9.90 Å². The molecular formula is C18H35N3O2. The van der Waals surface area contributed by atoms with E-state index in [2.05, 4.69) is 22.5 Å². The molecule has 0 aromatic rings. The van der Waals surface area contributed by atoms with Gasteiger partial charge in [-0.05, 0) is 38.6 Å². The van der Waals surface area contributed by atoms with Crippen LogP contribution in [-0.4, -0.2) is 54.4 Å². The number of rotatable bonds is 6. The first-order valence-electron chi connectivity index (χ1n) is 9.63. The number of urea groups is 1. The Kier molecular flexibility index (Phi) is 8.17. The van der Waals surface area contributed by atoms with Crippen LogP contribution in [0.4, 0.5) is 4.79 Å². The number of nitrogens with one attached hydrogen (secondary N) is 2. The molecular weight excluding hydrogens is 290 g/mol. The molecule has 2 unspecified atom stereocenters. The number of carbonyl (C=O) groups excluding carboxylic acids is 1. The van der Waals surface area contributed by atoms with E-state index in [4.69, 9.17) is 0 Å². The number of unbranched alkanes of at least 4 members (excludes halogenated alkanes) is 1. The molecule has 2 amide bonds. The summed E-state index contributed by atoms with van der Waals surface area (Å²) in [6.07, 6.45) is 10.2. The highest BCUT2D eigenvalue weighted by Crippen LogP contribution is 2.23. The number of hydrogen-bond acceptors (Lipinski definition) is 3. The third kappa shape index (κ3) is 6.30. The first-order valence-corrected chi connectivity index (χ1v) is 9.63. The van der Waals surface area contributed by atoms with E-state index in [0.717, 1.165) is 45.2 Å². The summed E-state index contributed by atoms with van der Waals surface area (Å²) in [6.45, 7) is 5.78. The fraction of sp³-hybridized carbons (Fsp3) is 0.944. The zero-order valence-corrected chi connectivity index (χ0v) is 14.7. The SMILES string of the molecule is CCCCN1CCC(NC(=O)NC2CCCCCC2CO)CC1. The first-order chi connectivity index (χ1) is 11.2. The monoisotopic (exact) mass is 325 g/mol. The number of carbonyl (C=O) groups is 1. The summed E-state index contributed by atoms with van der Waals surface area (Å²) >= 11 is 0. The van der Waals surface area contributed by atoms with Crippen molar-refractivity contribution >= 4 is 6.03 Å². The number of piperidine rings is 1. The first kappa shape index (κ1) is 18.5. The minimum atomic E-state index is -0.0395. The Bertz CT molecular complexity index is 343. The van der Waals surface area contributed by atoms with E-state index in [1.54, 1.807) is 0 Å². The topological polar surface area (TPSA) is 64.6 Å². The van der Waals surface area contributed by atoms with Crippen LogP contribution in [0.3, 0.4) is 0 Å². The molecule has 1 saturated carbocycles. The van der Waals surface area contributed by atoms with Gasteiger partial charge in [-0.15, -0.1) is 0 Å². The van der Waals surface area contributed by atoms with Gasteiger partial charge in [0.05, 0.1) is 0 Å². The van der Waals surface area contributed by atoms with Gasteiger partial charge in [-0.1, -0.05) is 32.6 Å². The lowest BCUT2D eigenvalue weighted by molar-refractivity contribution is 0.171. The smallest absolute Gasteiger partial charge is 0.315 e. The van der Waals surface area contributed by atoms with Crippen molar-refractivity contribution in [1.29, 1.82) is 0 Å². The van der Waals surface area contributed by atoms with E-state index >= 15 is 0 Å². The third-order valence-electron chi connectivity index (χ3n) is 5.46. The molecule has 2 rings (SSSR count). The van der Waals surface area contributed by atoms with Crippen LogP contribution in [0.1, 0.15) is 64.7 Å². The zero-order chi connectivity index (χ0) is 16.5. The second-order valence-corrected chi connectivity index (χ2v) is 7.27. The summed E-state index contributed by atoms with van der Waals surface area (Å²) in [5.74, 6) is 0.221. The van der Waals surface area contributed by atoms with Crippen molar-refractivity contribution in [3.8, 4) is 0 Å². The molecule has 23 heavy (non-hydrogen) atoms. The lowest BCUT2D eigenvalue weighted by Crippen LogP contribution is -2.51. The number of amides is 2. The quantitative estimate of drug-likeness (QED) is 0.657. The largest absolute Gasteiger partial charge is 0.396 e. The molecule has 1 aliphatic carbocycles. The van der Waals surface area contributed by atoms with E-state index < -0.39 is 0 Å². The molecule has 0 spiro atoms. The molecule has 0 aromatic heterocycles.